The van der Waals surface area contributed by atoms with E-state index in [-0.39, 0.29) is 50.0 Å². The van der Waals surface area contributed by atoms with E-state index >= 15 is 0 Å². The molecule has 1 aromatic heterocycles. The van der Waals surface area contributed by atoms with E-state index in [1.54, 1.807) is 0 Å². The number of fused-ring (bicyclic) bond motifs is 9. The van der Waals surface area contributed by atoms with Crippen LogP contribution in [0.25, 0.3) is 22.3 Å². The largest absolute Gasteiger partial charge is 0.444 e. The first-order chi connectivity index (χ1) is 35.6. The summed E-state index contributed by atoms with van der Waals surface area (Å²) in [5.74, 6) is 2.18. The van der Waals surface area contributed by atoms with E-state index in [0.717, 1.165) is 50.8 Å². The van der Waals surface area contributed by atoms with Crippen molar-refractivity contribution in [1.82, 2.24) is 0 Å². The molecule has 0 radical (unpaired) electrons. The molecular formula is C72H83BN2O. The van der Waals surface area contributed by atoms with Crippen LogP contribution in [0.1, 0.15) is 207 Å². The van der Waals surface area contributed by atoms with Gasteiger partial charge in [-0.25, -0.2) is 0 Å². The first-order valence-electron chi connectivity index (χ1n) is 29.2. The second-order valence-electron chi connectivity index (χ2n) is 30.0. The molecule has 0 unspecified atom stereocenters. The Kier molecular flexibility index (Phi) is 10.5. The van der Waals surface area contributed by atoms with Crippen molar-refractivity contribution in [2.75, 3.05) is 9.80 Å². The van der Waals surface area contributed by atoms with Crippen LogP contribution in [-0.4, -0.2) is 6.71 Å². The number of nitrogens with zero attached hydrogens (tertiary/aromatic N) is 2. The van der Waals surface area contributed by atoms with E-state index in [1.807, 2.05) is 0 Å². The summed E-state index contributed by atoms with van der Waals surface area (Å²) < 4.78 is 7.89. The molecule has 6 aromatic carbocycles. The van der Waals surface area contributed by atoms with Crippen LogP contribution in [0.4, 0.5) is 34.3 Å². The van der Waals surface area contributed by atoms with Gasteiger partial charge in [0.15, 0.2) is 5.88 Å². The maximum atomic E-state index is 7.89. The van der Waals surface area contributed by atoms with Crippen molar-refractivity contribution in [3.63, 3.8) is 0 Å². The first-order valence-corrected chi connectivity index (χ1v) is 29.2. The second kappa shape index (κ2) is 15.9. The molecule has 4 aliphatic carbocycles. The van der Waals surface area contributed by atoms with Crippen molar-refractivity contribution in [3.8, 4) is 22.3 Å². The number of anilines is 6. The van der Waals surface area contributed by atoms with E-state index in [2.05, 4.69) is 236 Å². The quantitative estimate of drug-likeness (QED) is 0.164. The Labute approximate surface area is 457 Å². The molecule has 0 atom stereocenters. The third-order valence-corrected chi connectivity index (χ3v) is 21.0. The monoisotopic (exact) mass is 1000 g/mol. The van der Waals surface area contributed by atoms with Gasteiger partial charge in [-0.1, -0.05) is 184 Å². The highest BCUT2D eigenvalue weighted by Crippen LogP contribution is 2.58. The van der Waals surface area contributed by atoms with Gasteiger partial charge in [-0.3, -0.25) is 4.90 Å². The van der Waals surface area contributed by atoms with Crippen molar-refractivity contribution < 1.29 is 4.42 Å². The summed E-state index contributed by atoms with van der Waals surface area (Å²) in [6.45, 7) is 39.7. The van der Waals surface area contributed by atoms with E-state index in [9.17, 15) is 0 Å². The summed E-state index contributed by atoms with van der Waals surface area (Å²) in [5, 5.41) is 0. The Morgan fingerprint density at radius 1 is 0.355 bits per heavy atom. The molecule has 0 amide bonds. The van der Waals surface area contributed by atoms with Gasteiger partial charge in [0.1, 0.15) is 5.76 Å². The van der Waals surface area contributed by atoms with E-state index in [0.29, 0.717) is 0 Å². The Morgan fingerprint density at radius 2 is 0.803 bits per heavy atom. The second-order valence-corrected chi connectivity index (χ2v) is 30.0. The predicted octanol–water partition coefficient (Wildman–Crippen LogP) is 18.1. The fourth-order valence-electron chi connectivity index (χ4n) is 15.6. The Morgan fingerprint density at radius 3 is 1.37 bits per heavy atom. The molecule has 6 aliphatic rings. The van der Waals surface area contributed by atoms with Gasteiger partial charge in [0, 0.05) is 33.7 Å². The van der Waals surface area contributed by atoms with Gasteiger partial charge in [0.2, 0.25) is 0 Å². The maximum absolute atomic E-state index is 7.89. The predicted molar refractivity (Wildman–Crippen MR) is 325 cm³/mol. The van der Waals surface area contributed by atoms with Crippen LogP contribution in [0.3, 0.4) is 0 Å². The van der Waals surface area contributed by atoms with Gasteiger partial charge in [-0.2, -0.15) is 0 Å². The normalized spacial score (nSPS) is 21.8. The number of rotatable bonds is 4. The van der Waals surface area contributed by atoms with Crippen LogP contribution in [0, 0.1) is 0 Å². The summed E-state index contributed by atoms with van der Waals surface area (Å²) in [6.07, 6.45) is 9.14. The van der Waals surface area contributed by atoms with Crippen molar-refractivity contribution in [2.24, 2.45) is 0 Å². The lowest BCUT2D eigenvalue weighted by atomic mass is 9.32. The molecule has 390 valence electrons. The summed E-state index contributed by atoms with van der Waals surface area (Å²) in [7, 11) is 0. The Bertz CT molecular complexity index is 3560. The van der Waals surface area contributed by atoms with Crippen molar-refractivity contribution in [2.45, 2.75) is 205 Å². The minimum atomic E-state index is -0.139. The van der Waals surface area contributed by atoms with Gasteiger partial charge in [-0.15, -0.1) is 0 Å². The fourth-order valence-corrected chi connectivity index (χ4v) is 15.6. The molecule has 3 heterocycles. The SMILES string of the molecule is CC1(C)CCC(C)(C)c2cc(N3c4cc(-c5ccccc5)cc5c4B(c4cc6c(cc4N5c4cc5c(cc4-c4ccccc4)C(C)(C)CCC5(C)C)C(C)(C)CCC6(C)C)c4c3oc3c4C(C)(C)CCC3(C)C)ccc21. The number of furan rings is 1. The van der Waals surface area contributed by atoms with Crippen LogP contribution < -0.4 is 26.2 Å². The van der Waals surface area contributed by atoms with Crippen LogP contribution in [0.15, 0.2) is 120 Å². The highest BCUT2D eigenvalue weighted by atomic mass is 16.4. The van der Waals surface area contributed by atoms with Gasteiger partial charge in [0.25, 0.3) is 6.71 Å². The summed E-state index contributed by atoms with van der Waals surface area (Å²) in [6, 6.07) is 45.9. The van der Waals surface area contributed by atoms with Gasteiger partial charge in [-0.05, 0) is 204 Å². The van der Waals surface area contributed by atoms with Gasteiger partial charge >= 0.3 is 0 Å². The molecule has 0 saturated heterocycles. The lowest BCUT2D eigenvalue weighted by Gasteiger charge is -2.48. The van der Waals surface area contributed by atoms with Crippen LogP contribution >= 0.6 is 0 Å². The molecule has 0 saturated carbocycles. The molecular weight excluding hydrogens is 920 g/mol. The molecule has 7 aromatic rings. The number of benzene rings is 6. The molecule has 13 rings (SSSR count). The summed E-state index contributed by atoms with van der Waals surface area (Å²) in [5.41, 5.74) is 25.6. The van der Waals surface area contributed by atoms with Crippen LogP contribution in [-0.2, 0) is 43.3 Å². The van der Waals surface area contributed by atoms with Crippen molar-refractivity contribution in [1.29, 1.82) is 0 Å². The van der Waals surface area contributed by atoms with Crippen molar-refractivity contribution in [3.05, 3.63) is 160 Å². The Balaban J connectivity index is 1.23. The summed E-state index contributed by atoms with van der Waals surface area (Å²) >= 11 is 0. The third-order valence-electron chi connectivity index (χ3n) is 21.0. The first kappa shape index (κ1) is 49.8. The molecule has 2 aliphatic heterocycles. The highest BCUT2D eigenvalue weighted by Gasteiger charge is 2.54. The molecule has 0 N–H and O–H groups in total. The molecule has 3 nitrogen and oxygen atoms in total. The van der Waals surface area contributed by atoms with Crippen LogP contribution in [0.5, 0.6) is 0 Å². The third kappa shape index (κ3) is 7.19. The maximum Gasteiger partial charge on any atom is 0.256 e. The fraction of sp³-hybridized carbons (Fsp3) is 0.444. The van der Waals surface area contributed by atoms with E-state index < -0.39 is 0 Å². The molecule has 0 spiro atoms. The minimum Gasteiger partial charge on any atom is -0.444 e. The van der Waals surface area contributed by atoms with Gasteiger partial charge in [0.05, 0.1) is 5.69 Å². The number of hydrogen-bond donors (Lipinski definition) is 0. The zero-order chi connectivity index (χ0) is 53.7. The van der Waals surface area contributed by atoms with E-state index in [4.69, 9.17) is 4.42 Å². The average molecular weight is 1000 g/mol. The summed E-state index contributed by atoms with van der Waals surface area (Å²) in [4.78, 5) is 5.41. The smallest absolute Gasteiger partial charge is 0.256 e. The topological polar surface area (TPSA) is 19.6 Å². The molecule has 76 heavy (non-hydrogen) atoms. The van der Waals surface area contributed by atoms with Crippen LogP contribution in [0.2, 0.25) is 0 Å². The number of hydrogen-bond acceptors (Lipinski definition) is 3. The highest BCUT2D eigenvalue weighted by molar-refractivity contribution is 7.00. The van der Waals surface area contributed by atoms with Crippen molar-refractivity contribution >= 4 is 57.4 Å². The lowest BCUT2D eigenvalue weighted by Crippen LogP contribution is -2.63. The minimum absolute atomic E-state index is 0.00209. The average Bonchev–Trinajstić information content (AvgIpc) is 3.94. The molecule has 0 fully saturated rings. The lowest BCUT2D eigenvalue weighted by molar-refractivity contribution is 0.280. The molecule has 4 heteroatoms. The van der Waals surface area contributed by atoms with E-state index in [1.165, 1.54) is 118 Å². The molecule has 0 bridgehead atoms. The zero-order valence-electron chi connectivity index (χ0n) is 49.0. The zero-order valence-corrected chi connectivity index (χ0v) is 49.0. The van der Waals surface area contributed by atoms with Gasteiger partial charge < -0.3 is 9.32 Å². The Hall–Kier alpha value is -5.74. The standard InChI is InChI=1S/C72H83BN2O/c1-65(2)29-30-66(3,4)50-39-47(27-28-49(50)65)74-58-37-46(44-23-19-17-20-24-44)38-59-61(58)73(62-60-63(76-64(62)74)72(15,16)36-35-71(60,13)14)55-41-52-54(70(11,12)34-32-68(52,7)8)43-57(55)75(59)56-42-53-51(67(5,6)31-33-69(53,9)10)40-48(56)45-25-21-18-22-26-45/h17-28,37-43H,29-36H2,1-16H3.